The largest absolute Gasteiger partial charge is 0.484 e. The lowest BCUT2D eigenvalue weighted by molar-refractivity contribution is -0.118. The summed E-state index contributed by atoms with van der Waals surface area (Å²) in [5.41, 5.74) is 1.84. The first kappa shape index (κ1) is 18.6. The third-order valence-electron chi connectivity index (χ3n) is 4.09. The predicted molar refractivity (Wildman–Crippen MR) is 100 cm³/mol. The number of hydrogen-bond acceptors (Lipinski definition) is 2. The summed E-state index contributed by atoms with van der Waals surface area (Å²) < 4.78 is 5.52. The van der Waals surface area contributed by atoms with Crippen LogP contribution in [0.15, 0.2) is 42.5 Å². The molecule has 5 heteroatoms. The summed E-state index contributed by atoms with van der Waals surface area (Å²) in [4.78, 5) is 12.0. The Hall–Kier alpha value is -1.71. The topological polar surface area (TPSA) is 38.3 Å². The Balaban J connectivity index is 1.93. The van der Waals surface area contributed by atoms with Crippen LogP contribution in [-0.2, 0) is 10.2 Å². The molecule has 0 saturated heterocycles. The number of nitrogens with one attached hydrogen (secondary N) is 1. The maximum atomic E-state index is 12.0. The Bertz CT molecular complexity index is 712. The number of benzene rings is 2. The normalized spacial score (nSPS) is 11.2. The summed E-state index contributed by atoms with van der Waals surface area (Å²) in [5, 5.41) is 3.62. The smallest absolute Gasteiger partial charge is 0.262 e. The average Bonchev–Trinajstić information content (AvgIpc) is 2.56. The second kappa shape index (κ2) is 7.91. The maximum absolute atomic E-state index is 12.0. The third-order valence-corrected chi connectivity index (χ3v) is 4.66. The van der Waals surface area contributed by atoms with Crippen LogP contribution < -0.4 is 10.1 Å². The molecule has 2 aromatic rings. The van der Waals surface area contributed by atoms with Gasteiger partial charge < -0.3 is 10.1 Å². The Morgan fingerprint density at radius 3 is 2.42 bits per heavy atom. The number of anilines is 1. The molecular formula is C19H21Cl2NO2. The van der Waals surface area contributed by atoms with Crippen LogP contribution in [0.5, 0.6) is 5.75 Å². The van der Waals surface area contributed by atoms with Gasteiger partial charge in [-0.25, -0.2) is 0 Å². The maximum Gasteiger partial charge on any atom is 0.262 e. The monoisotopic (exact) mass is 365 g/mol. The molecule has 3 nitrogen and oxygen atoms in total. The van der Waals surface area contributed by atoms with Gasteiger partial charge in [-0.15, -0.1) is 0 Å². The lowest BCUT2D eigenvalue weighted by Gasteiger charge is -2.23. The van der Waals surface area contributed by atoms with Crippen LogP contribution in [0.25, 0.3) is 0 Å². The quantitative estimate of drug-likeness (QED) is 0.712. The van der Waals surface area contributed by atoms with Crippen molar-refractivity contribution in [3.8, 4) is 5.75 Å². The zero-order valence-electron chi connectivity index (χ0n) is 14.0. The van der Waals surface area contributed by atoms with Crippen molar-refractivity contribution in [2.75, 3.05) is 11.9 Å². The van der Waals surface area contributed by atoms with Crippen LogP contribution in [0.2, 0.25) is 10.0 Å². The zero-order chi connectivity index (χ0) is 17.7. The van der Waals surface area contributed by atoms with E-state index in [2.05, 4.69) is 26.1 Å². The van der Waals surface area contributed by atoms with Crippen molar-refractivity contribution >= 4 is 34.8 Å². The van der Waals surface area contributed by atoms with Crippen LogP contribution in [0, 0.1) is 0 Å². The summed E-state index contributed by atoms with van der Waals surface area (Å²) >= 11 is 11.9. The second-order valence-corrected chi connectivity index (χ2v) is 7.07. The molecule has 0 unspecified atom stereocenters. The van der Waals surface area contributed by atoms with Gasteiger partial charge in [0.25, 0.3) is 5.91 Å². The van der Waals surface area contributed by atoms with Gasteiger partial charge >= 0.3 is 0 Å². The summed E-state index contributed by atoms with van der Waals surface area (Å²) in [6, 6.07) is 12.7. The van der Waals surface area contributed by atoms with E-state index < -0.39 is 0 Å². The van der Waals surface area contributed by atoms with Crippen molar-refractivity contribution in [3.63, 3.8) is 0 Å². The minimum absolute atomic E-state index is 0.0979. The fourth-order valence-electron chi connectivity index (χ4n) is 2.13. The summed E-state index contributed by atoms with van der Waals surface area (Å²) in [6.45, 7) is 6.46. The van der Waals surface area contributed by atoms with Crippen molar-refractivity contribution in [1.29, 1.82) is 0 Å². The number of carbonyl (C=O) groups excluding carboxylic acids is 1. The van der Waals surface area contributed by atoms with Gasteiger partial charge in [0.1, 0.15) is 5.75 Å². The first-order valence-corrected chi connectivity index (χ1v) is 8.55. The van der Waals surface area contributed by atoms with E-state index in [9.17, 15) is 4.79 Å². The zero-order valence-corrected chi connectivity index (χ0v) is 15.5. The molecule has 0 heterocycles. The fraction of sp³-hybridized carbons (Fsp3) is 0.316. The fourth-order valence-corrected chi connectivity index (χ4v) is 2.47. The van der Waals surface area contributed by atoms with Crippen LogP contribution in [0.3, 0.4) is 0 Å². The molecule has 24 heavy (non-hydrogen) atoms. The highest BCUT2D eigenvalue weighted by molar-refractivity contribution is 6.35. The first-order chi connectivity index (χ1) is 11.3. The minimum Gasteiger partial charge on any atom is -0.484 e. The van der Waals surface area contributed by atoms with E-state index >= 15 is 0 Å². The number of carbonyl (C=O) groups is 1. The van der Waals surface area contributed by atoms with Gasteiger partial charge in [-0.2, -0.15) is 0 Å². The lowest BCUT2D eigenvalue weighted by atomic mass is 9.82. The highest BCUT2D eigenvalue weighted by atomic mass is 35.5. The van der Waals surface area contributed by atoms with Crippen LogP contribution >= 0.6 is 23.2 Å². The van der Waals surface area contributed by atoms with Gasteiger partial charge in [-0.3, -0.25) is 4.79 Å². The highest BCUT2D eigenvalue weighted by Gasteiger charge is 2.17. The minimum atomic E-state index is -0.294. The molecular weight excluding hydrogens is 345 g/mol. The van der Waals surface area contributed by atoms with E-state index in [-0.39, 0.29) is 17.9 Å². The molecule has 0 aliphatic heterocycles. The van der Waals surface area contributed by atoms with Gasteiger partial charge in [0.2, 0.25) is 0 Å². The van der Waals surface area contributed by atoms with Crippen LogP contribution in [0.1, 0.15) is 32.8 Å². The van der Waals surface area contributed by atoms with Gasteiger partial charge in [-0.05, 0) is 47.7 Å². The lowest BCUT2D eigenvalue weighted by Crippen LogP contribution is -2.20. The molecule has 0 spiro atoms. The number of rotatable bonds is 6. The van der Waals surface area contributed by atoms with Crippen molar-refractivity contribution < 1.29 is 9.53 Å². The number of hydrogen-bond donors (Lipinski definition) is 1. The van der Waals surface area contributed by atoms with Crippen molar-refractivity contribution in [1.82, 2.24) is 0 Å². The van der Waals surface area contributed by atoms with Gasteiger partial charge in [0.05, 0.1) is 10.7 Å². The molecule has 1 N–H and O–H groups in total. The molecule has 0 atom stereocenters. The Morgan fingerprint density at radius 1 is 1.12 bits per heavy atom. The molecule has 0 radical (unpaired) electrons. The highest BCUT2D eigenvalue weighted by Crippen LogP contribution is 2.28. The predicted octanol–water partition coefficient (Wildman–Crippen LogP) is 5.70. The summed E-state index contributed by atoms with van der Waals surface area (Å²) in [6.07, 6.45) is 1.05. The van der Waals surface area contributed by atoms with Crippen molar-refractivity contribution in [3.05, 3.63) is 58.1 Å². The van der Waals surface area contributed by atoms with E-state index in [0.717, 1.165) is 6.42 Å². The molecule has 1 amide bonds. The molecule has 0 saturated carbocycles. The molecule has 2 aromatic carbocycles. The Morgan fingerprint density at radius 2 is 1.79 bits per heavy atom. The van der Waals surface area contributed by atoms with Gasteiger partial charge in [0, 0.05) is 5.02 Å². The average molecular weight is 366 g/mol. The third kappa shape index (κ3) is 4.89. The number of amides is 1. The molecule has 128 valence electrons. The van der Waals surface area contributed by atoms with Crippen LogP contribution in [0.4, 0.5) is 5.69 Å². The molecule has 0 bridgehead atoms. The van der Waals surface area contributed by atoms with Gasteiger partial charge in [0.15, 0.2) is 6.61 Å². The van der Waals surface area contributed by atoms with E-state index in [4.69, 9.17) is 27.9 Å². The molecule has 0 fully saturated rings. The van der Waals surface area contributed by atoms with Crippen molar-refractivity contribution in [2.45, 2.75) is 32.6 Å². The van der Waals surface area contributed by atoms with Gasteiger partial charge in [-0.1, -0.05) is 56.1 Å². The Labute approximate surface area is 152 Å². The number of halogens is 2. The van der Waals surface area contributed by atoms with E-state index in [1.165, 1.54) is 5.56 Å². The molecule has 0 aromatic heterocycles. The molecule has 2 rings (SSSR count). The van der Waals surface area contributed by atoms with Crippen LogP contribution in [-0.4, -0.2) is 12.5 Å². The second-order valence-electron chi connectivity index (χ2n) is 6.22. The van der Waals surface area contributed by atoms with E-state index in [1.54, 1.807) is 18.2 Å². The van der Waals surface area contributed by atoms with E-state index in [1.807, 2.05) is 24.3 Å². The summed E-state index contributed by atoms with van der Waals surface area (Å²) in [5.74, 6) is 0.357. The molecule has 0 aliphatic carbocycles. The first-order valence-electron chi connectivity index (χ1n) is 7.80. The Kier molecular flexibility index (Phi) is 6.14. The SMILES string of the molecule is CCC(C)(C)c1ccc(OCC(=O)Nc2cc(Cl)ccc2Cl)cc1. The van der Waals surface area contributed by atoms with E-state index in [0.29, 0.717) is 21.5 Å². The summed E-state index contributed by atoms with van der Waals surface area (Å²) in [7, 11) is 0. The number of ether oxygens (including phenoxy) is 1. The molecule has 0 aliphatic rings. The standard InChI is InChI=1S/C19H21Cl2NO2/c1-4-19(2,3)13-5-8-15(9-6-13)24-12-18(23)22-17-11-14(20)7-10-16(17)21/h5-11H,4,12H2,1-3H3,(H,22,23). The van der Waals surface area contributed by atoms with Crippen molar-refractivity contribution in [2.24, 2.45) is 0 Å².